The van der Waals surface area contributed by atoms with Crippen LogP contribution in [0.15, 0.2) is 36.7 Å². The first kappa shape index (κ1) is 16.2. The summed E-state index contributed by atoms with van der Waals surface area (Å²) >= 11 is 0. The van der Waals surface area contributed by atoms with Gasteiger partial charge in [0.05, 0.1) is 13.1 Å². The van der Waals surface area contributed by atoms with Crippen molar-refractivity contribution in [1.29, 1.82) is 0 Å². The molecule has 1 unspecified atom stereocenters. The maximum absolute atomic E-state index is 11.6. The lowest BCUT2D eigenvalue weighted by molar-refractivity contribution is 0.0659. The van der Waals surface area contributed by atoms with Crippen molar-refractivity contribution < 1.29 is 28.9 Å². The molecule has 134 valence electrons. The van der Waals surface area contributed by atoms with E-state index in [2.05, 4.69) is 4.98 Å². The highest BCUT2D eigenvalue weighted by Gasteiger charge is 2.27. The Balaban J connectivity index is 1.54. The summed E-state index contributed by atoms with van der Waals surface area (Å²) in [6.45, 7) is 1.53. The number of ether oxygens (including phenoxy) is 3. The lowest BCUT2D eigenvalue weighted by Crippen LogP contribution is -2.25. The average molecular weight is 356 g/mol. The van der Waals surface area contributed by atoms with Gasteiger partial charge in [-0.05, 0) is 23.8 Å². The second kappa shape index (κ2) is 6.55. The maximum atomic E-state index is 11.6. The Morgan fingerprint density at radius 1 is 1.31 bits per heavy atom. The lowest BCUT2D eigenvalue weighted by Gasteiger charge is -2.27. The summed E-state index contributed by atoms with van der Waals surface area (Å²) in [7, 11) is 0. The molecule has 2 aliphatic heterocycles. The van der Waals surface area contributed by atoms with E-state index in [-0.39, 0.29) is 24.0 Å². The number of aromatic nitrogens is 1. The molecule has 0 aliphatic carbocycles. The molecule has 8 nitrogen and oxygen atoms in total. The van der Waals surface area contributed by atoms with Gasteiger partial charge in [0.25, 0.3) is 0 Å². The highest BCUT2D eigenvalue weighted by Crippen LogP contribution is 2.38. The number of pyridine rings is 1. The molecule has 1 N–H and O–H groups in total. The minimum absolute atomic E-state index is 0.0698. The quantitative estimate of drug-likeness (QED) is 0.897. The molecule has 1 fully saturated rings. The molecule has 2 aromatic rings. The smallest absolute Gasteiger partial charge is 0.410 e. The van der Waals surface area contributed by atoms with Crippen LogP contribution < -0.4 is 9.47 Å². The fraction of sp³-hybridized carbons (Fsp3) is 0.278. The Morgan fingerprint density at radius 3 is 2.96 bits per heavy atom. The zero-order valence-corrected chi connectivity index (χ0v) is 13.8. The van der Waals surface area contributed by atoms with Crippen molar-refractivity contribution in [2.45, 2.75) is 12.6 Å². The van der Waals surface area contributed by atoms with Crippen LogP contribution in [0.2, 0.25) is 0 Å². The van der Waals surface area contributed by atoms with E-state index < -0.39 is 12.1 Å². The van der Waals surface area contributed by atoms with Crippen LogP contribution in [0.25, 0.3) is 0 Å². The molecule has 1 aromatic heterocycles. The minimum Gasteiger partial charge on any atom is -0.485 e. The van der Waals surface area contributed by atoms with Crippen molar-refractivity contribution in [3.05, 3.63) is 53.3 Å². The number of cyclic esters (lactones) is 1. The van der Waals surface area contributed by atoms with Gasteiger partial charge in [-0.15, -0.1) is 0 Å². The van der Waals surface area contributed by atoms with Crippen LogP contribution in [0.4, 0.5) is 4.79 Å². The van der Waals surface area contributed by atoms with Gasteiger partial charge in [-0.3, -0.25) is 4.98 Å². The fourth-order valence-corrected chi connectivity index (χ4v) is 3.00. The van der Waals surface area contributed by atoms with Gasteiger partial charge in [-0.2, -0.15) is 0 Å². The fourth-order valence-electron chi connectivity index (χ4n) is 3.00. The third-order valence-electron chi connectivity index (χ3n) is 4.26. The third-order valence-corrected chi connectivity index (χ3v) is 4.26. The summed E-state index contributed by atoms with van der Waals surface area (Å²) < 4.78 is 16.5. The normalized spacial score (nSPS) is 18.5. The van der Waals surface area contributed by atoms with Gasteiger partial charge in [0.2, 0.25) is 0 Å². The van der Waals surface area contributed by atoms with E-state index in [0.717, 1.165) is 11.1 Å². The molecule has 0 saturated carbocycles. The van der Waals surface area contributed by atoms with E-state index in [1.54, 1.807) is 29.4 Å². The van der Waals surface area contributed by atoms with Crippen LogP contribution in [-0.4, -0.2) is 46.8 Å². The molecular formula is C18H16N2O6. The molecule has 8 heteroatoms. The van der Waals surface area contributed by atoms with Crippen molar-refractivity contribution >= 4 is 12.1 Å². The summed E-state index contributed by atoms with van der Waals surface area (Å²) in [5.74, 6) is -0.445. The van der Waals surface area contributed by atoms with Crippen molar-refractivity contribution in [3.8, 4) is 11.5 Å². The highest BCUT2D eigenvalue weighted by atomic mass is 16.6. The summed E-state index contributed by atoms with van der Waals surface area (Å²) in [5.41, 5.74) is 1.72. The van der Waals surface area contributed by atoms with E-state index in [1.165, 1.54) is 6.07 Å². The van der Waals surface area contributed by atoms with Gasteiger partial charge in [0, 0.05) is 18.0 Å². The number of carbonyl (C=O) groups is 2. The number of amides is 1. The van der Waals surface area contributed by atoms with Gasteiger partial charge < -0.3 is 24.2 Å². The molecule has 1 aromatic carbocycles. The van der Waals surface area contributed by atoms with Gasteiger partial charge in [-0.25, -0.2) is 9.59 Å². The van der Waals surface area contributed by atoms with Crippen LogP contribution in [-0.2, 0) is 11.3 Å². The largest absolute Gasteiger partial charge is 0.485 e. The number of nitrogens with zero attached hydrogens (tertiary/aromatic N) is 2. The SMILES string of the molecule is O=C(O)c1cccc2c1OCC(c1cncc(CN3CCOC3=O)c1)O2. The van der Waals surface area contributed by atoms with E-state index in [4.69, 9.17) is 14.2 Å². The van der Waals surface area contributed by atoms with Gasteiger partial charge in [0.15, 0.2) is 17.6 Å². The van der Waals surface area contributed by atoms with E-state index in [0.29, 0.717) is 25.4 Å². The first-order chi connectivity index (χ1) is 12.6. The predicted octanol–water partition coefficient (Wildman–Crippen LogP) is 2.24. The number of fused-ring (bicyclic) bond motifs is 1. The molecule has 4 rings (SSSR count). The number of hydrogen-bond acceptors (Lipinski definition) is 6. The second-order valence-corrected chi connectivity index (χ2v) is 6.02. The van der Waals surface area contributed by atoms with Crippen LogP contribution in [0, 0.1) is 0 Å². The number of benzene rings is 1. The first-order valence-corrected chi connectivity index (χ1v) is 8.13. The van der Waals surface area contributed by atoms with Gasteiger partial charge in [0.1, 0.15) is 18.8 Å². The van der Waals surface area contributed by atoms with Crippen LogP contribution in [0.3, 0.4) is 0 Å². The Bertz CT molecular complexity index is 869. The van der Waals surface area contributed by atoms with Gasteiger partial charge in [-0.1, -0.05) is 6.07 Å². The first-order valence-electron chi connectivity index (χ1n) is 8.13. The van der Waals surface area contributed by atoms with Crippen LogP contribution in [0.1, 0.15) is 27.6 Å². The molecule has 1 saturated heterocycles. The number of rotatable bonds is 4. The predicted molar refractivity (Wildman–Crippen MR) is 88.3 cm³/mol. The van der Waals surface area contributed by atoms with Crippen LogP contribution in [0.5, 0.6) is 11.5 Å². The Hall–Kier alpha value is -3.29. The topological polar surface area (TPSA) is 98.2 Å². The van der Waals surface area contributed by atoms with Crippen LogP contribution >= 0.6 is 0 Å². The van der Waals surface area contributed by atoms with Crippen molar-refractivity contribution in [1.82, 2.24) is 9.88 Å². The molecular weight excluding hydrogens is 340 g/mol. The Kier molecular flexibility index (Phi) is 4.08. The summed E-state index contributed by atoms with van der Waals surface area (Å²) in [6, 6.07) is 6.66. The molecule has 2 aliphatic rings. The maximum Gasteiger partial charge on any atom is 0.410 e. The second-order valence-electron chi connectivity index (χ2n) is 6.02. The van der Waals surface area contributed by atoms with Crippen molar-refractivity contribution in [3.63, 3.8) is 0 Å². The van der Waals surface area contributed by atoms with Crippen molar-refractivity contribution in [2.24, 2.45) is 0 Å². The molecule has 0 radical (unpaired) electrons. The zero-order valence-electron chi connectivity index (χ0n) is 13.8. The molecule has 3 heterocycles. The third kappa shape index (κ3) is 3.01. The Morgan fingerprint density at radius 2 is 2.19 bits per heavy atom. The number of aromatic carboxylic acids is 1. The average Bonchev–Trinajstić information content (AvgIpc) is 3.05. The highest BCUT2D eigenvalue weighted by molar-refractivity contribution is 5.92. The lowest BCUT2D eigenvalue weighted by atomic mass is 10.1. The molecule has 0 bridgehead atoms. The number of carboxylic acids is 1. The zero-order chi connectivity index (χ0) is 18.1. The minimum atomic E-state index is -1.06. The van der Waals surface area contributed by atoms with E-state index >= 15 is 0 Å². The molecule has 1 atom stereocenters. The van der Waals surface area contributed by atoms with Crippen molar-refractivity contribution in [2.75, 3.05) is 19.8 Å². The molecule has 0 spiro atoms. The van der Waals surface area contributed by atoms with E-state index in [9.17, 15) is 14.7 Å². The van der Waals surface area contributed by atoms with E-state index in [1.807, 2.05) is 6.07 Å². The molecule has 1 amide bonds. The standard InChI is InChI=1S/C18H16N2O6/c21-17(22)13-2-1-3-14-16(13)25-10-15(26-14)12-6-11(7-19-8-12)9-20-4-5-24-18(20)23/h1-3,6-8,15H,4-5,9-10H2,(H,21,22). The number of carbonyl (C=O) groups excluding carboxylic acids is 1. The number of hydrogen-bond donors (Lipinski definition) is 1. The Labute approximate surface area is 148 Å². The monoisotopic (exact) mass is 356 g/mol. The molecule has 26 heavy (non-hydrogen) atoms. The number of para-hydroxylation sites is 1. The number of carboxylic acid groups (broad SMARTS) is 1. The van der Waals surface area contributed by atoms with Gasteiger partial charge >= 0.3 is 12.1 Å². The summed E-state index contributed by atoms with van der Waals surface area (Å²) in [4.78, 5) is 28.7. The summed E-state index contributed by atoms with van der Waals surface area (Å²) in [6.07, 6.45) is 2.62. The summed E-state index contributed by atoms with van der Waals surface area (Å²) in [5, 5.41) is 9.23.